The van der Waals surface area contributed by atoms with Gasteiger partial charge in [0, 0.05) is 25.4 Å². The Labute approximate surface area is 171 Å². The van der Waals surface area contributed by atoms with Crippen molar-refractivity contribution < 1.29 is 9.47 Å². The van der Waals surface area contributed by atoms with Crippen LogP contribution < -0.4 is 20.1 Å². The quantitative estimate of drug-likeness (QED) is 0.195. The van der Waals surface area contributed by atoms with Crippen molar-refractivity contribution in [2.45, 2.75) is 6.54 Å². The first-order valence-electron chi connectivity index (χ1n) is 8.12. The fourth-order valence-corrected chi connectivity index (χ4v) is 2.11. The van der Waals surface area contributed by atoms with E-state index in [1.54, 1.807) is 25.5 Å². The number of hydrogen-bond donors (Lipinski definition) is 2. The second-order valence-corrected chi connectivity index (χ2v) is 5.10. The van der Waals surface area contributed by atoms with E-state index in [0.29, 0.717) is 32.3 Å². The maximum absolute atomic E-state index is 5.66. The maximum Gasteiger partial charge on any atom is 0.191 e. The predicted molar refractivity (Wildman–Crippen MR) is 115 cm³/mol. The molecular formula is C19H25IN4O2. The molecule has 0 saturated carbocycles. The van der Waals surface area contributed by atoms with Gasteiger partial charge >= 0.3 is 0 Å². The van der Waals surface area contributed by atoms with E-state index in [2.05, 4.69) is 27.2 Å². The molecule has 26 heavy (non-hydrogen) atoms. The van der Waals surface area contributed by atoms with Crippen LogP contribution >= 0.6 is 24.0 Å². The number of pyridine rings is 1. The molecule has 2 rings (SSSR count). The van der Waals surface area contributed by atoms with E-state index in [4.69, 9.17) is 9.47 Å². The molecule has 0 aliphatic heterocycles. The van der Waals surface area contributed by atoms with E-state index < -0.39 is 0 Å². The minimum atomic E-state index is 0. The highest BCUT2D eigenvalue weighted by Crippen LogP contribution is 2.17. The average Bonchev–Trinajstić information content (AvgIpc) is 2.67. The van der Waals surface area contributed by atoms with E-state index in [1.165, 1.54) is 0 Å². The molecule has 0 unspecified atom stereocenters. The van der Waals surface area contributed by atoms with Gasteiger partial charge in [-0.2, -0.15) is 0 Å². The standard InChI is InChI=1S/C19H24N4O2.HI/c1-3-12-25-18-9-5-4-7-16(18)14-23-19(20-2)22-11-13-24-17-8-6-10-21-15-17;/h3-10,15H,1,11-14H2,2H3,(H2,20,22,23);1H. The van der Waals surface area contributed by atoms with Crippen LogP contribution in [0.15, 0.2) is 66.4 Å². The number of benzene rings is 1. The highest BCUT2D eigenvalue weighted by Gasteiger charge is 2.04. The van der Waals surface area contributed by atoms with Gasteiger partial charge < -0.3 is 20.1 Å². The van der Waals surface area contributed by atoms with Gasteiger partial charge in [-0.25, -0.2) is 0 Å². The Hall–Kier alpha value is -2.29. The molecule has 0 saturated heterocycles. The van der Waals surface area contributed by atoms with Gasteiger partial charge in [0.1, 0.15) is 24.7 Å². The number of aromatic nitrogens is 1. The molecule has 1 heterocycles. The average molecular weight is 468 g/mol. The lowest BCUT2D eigenvalue weighted by atomic mass is 10.2. The summed E-state index contributed by atoms with van der Waals surface area (Å²) in [5.41, 5.74) is 1.05. The van der Waals surface area contributed by atoms with Crippen molar-refractivity contribution in [3.63, 3.8) is 0 Å². The molecule has 2 aromatic rings. The molecule has 0 aliphatic carbocycles. The number of nitrogens with one attached hydrogen (secondary N) is 2. The van der Waals surface area contributed by atoms with Crippen molar-refractivity contribution >= 4 is 29.9 Å². The Kier molecular flexibility index (Phi) is 10.9. The van der Waals surface area contributed by atoms with Crippen LogP contribution in [0, 0.1) is 0 Å². The van der Waals surface area contributed by atoms with Crippen LogP contribution in [0.25, 0.3) is 0 Å². The van der Waals surface area contributed by atoms with Crippen LogP contribution in [0.4, 0.5) is 0 Å². The molecule has 0 aliphatic rings. The van der Waals surface area contributed by atoms with Crippen LogP contribution in [-0.4, -0.2) is 37.7 Å². The predicted octanol–water partition coefficient (Wildman–Crippen LogP) is 3.01. The zero-order valence-corrected chi connectivity index (χ0v) is 17.2. The fraction of sp³-hybridized carbons (Fsp3) is 0.263. The summed E-state index contributed by atoms with van der Waals surface area (Å²) in [6.45, 7) is 5.91. The summed E-state index contributed by atoms with van der Waals surface area (Å²) in [6.07, 6.45) is 5.13. The molecule has 0 spiro atoms. The Morgan fingerprint density at radius 2 is 2.04 bits per heavy atom. The summed E-state index contributed by atoms with van der Waals surface area (Å²) in [4.78, 5) is 8.22. The fourth-order valence-electron chi connectivity index (χ4n) is 2.11. The number of para-hydroxylation sites is 1. The van der Waals surface area contributed by atoms with E-state index in [9.17, 15) is 0 Å². The van der Waals surface area contributed by atoms with E-state index in [1.807, 2.05) is 36.4 Å². The third-order valence-electron chi connectivity index (χ3n) is 3.30. The molecule has 7 heteroatoms. The number of rotatable bonds is 9. The van der Waals surface area contributed by atoms with Gasteiger partial charge in [0.2, 0.25) is 0 Å². The minimum Gasteiger partial charge on any atom is -0.490 e. The van der Waals surface area contributed by atoms with Crippen LogP contribution in [-0.2, 0) is 6.54 Å². The Bertz CT molecular complexity index is 680. The summed E-state index contributed by atoms with van der Waals surface area (Å²) in [5, 5.41) is 6.48. The summed E-state index contributed by atoms with van der Waals surface area (Å²) >= 11 is 0. The third-order valence-corrected chi connectivity index (χ3v) is 3.30. The van der Waals surface area contributed by atoms with Crippen molar-refractivity contribution in [1.29, 1.82) is 0 Å². The van der Waals surface area contributed by atoms with Crippen molar-refractivity contribution in [1.82, 2.24) is 15.6 Å². The zero-order chi connectivity index (χ0) is 17.7. The minimum absolute atomic E-state index is 0. The molecule has 1 aromatic heterocycles. The summed E-state index contributed by atoms with van der Waals surface area (Å²) in [5.74, 6) is 2.29. The SMILES string of the molecule is C=CCOc1ccccc1CNC(=NC)NCCOc1cccnc1.I. The highest BCUT2D eigenvalue weighted by molar-refractivity contribution is 14.0. The lowest BCUT2D eigenvalue weighted by Gasteiger charge is -2.14. The second-order valence-electron chi connectivity index (χ2n) is 5.10. The summed E-state index contributed by atoms with van der Waals surface area (Å²) in [7, 11) is 1.73. The molecule has 0 atom stereocenters. The van der Waals surface area contributed by atoms with Gasteiger partial charge in [0.15, 0.2) is 5.96 Å². The van der Waals surface area contributed by atoms with Crippen molar-refractivity contribution in [3.8, 4) is 11.5 Å². The lowest BCUT2D eigenvalue weighted by Crippen LogP contribution is -2.38. The number of aliphatic imine (C=N–C) groups is 1. The van der Waals surface area contributed by atoms with E-state index in [0.717, 1.165) is 17.1 Å². The van der Waals surface area contributed by atoms with Gasteiger partial charge in [-0.05, 0) is 18.2 Å². The van der Waals surface area contributed by atoms with E-state index >= 15 is 0 Å². The highest BCUT2D eigenvalue weighted by atomic mass is 127. The topological polar surface area (TPSA) is 67.8 Å². The van der Waals surface area contributed by atoms with Crippen LogP contribution in [0.3, 0.4) is 0 Å². The normalized spacial score (nSPS) is 10.4. The van der Waals surface area contributed by atoms with Crippen molar-refractivity contribution in [2.24, 2.45) is 4.99 Å². The largest absolute Gasteiger partial charge is 0.490 e. The molecule has 1 aromatic carbocycles. The second kappa shape index (κ2) is 13.0. The number of hydrogen-bond acceptors (Lipinski definition) is 4. The Balaban J connectivity index is 0.00000338. The monoisotopic (exact) mass is 468 g/mol. The van der Waals surface area contributed by atoms with E-state index in [-0.39, 0.29) is 24.0 Å². The molecule has 0 radical (unpaired) electrons. The lowest BCUT2D eigenvalue weighted by molar-refractivity contribution is 0.320. The molecule has 0 bridgehead atoms. The molecular weight excluding hydrogens is 443 g/mol. The molecule has 0 amide bonds. The van der Waals surface area contributed by atoms with Gasteiger partial charge in [-0.1, -0.05) is 30.9 Å². The number of halogens is 1. The van der Waals surface area contributed by atoms with Gasteiger partial charge in [0.25, 0.3) is 0 Å². The van der Waals surface area contributed by atoms with Gasteiger partial charge in [-0.15, -0.1) is 24.0 Å². The zero-order valence-electron chi connectivity index (χ0n) is 14.9. The van der Waals surface area contributed by atoms with Crippen molar-refractivity contribution in [3.05, 3.63) is 67.0 Å². The third kappa shape index (κ3) is 7.73. The molecule has 140 valence electrons. The smallest absolute Gasteiger partial charge is 0.191 e. The molecule has 2 N–H and O–H groups in total. The Morgan fingerprint density at radius 3 is 2.77 bits per heavy atom. The summed E-state index contributed by atoms with van der Waals surface area (Å²) in [6, 6.07) is 11.6. The first-order chi connectivity index (χ1) is 12.3. The Morgan fingerprint density at radius 1 is 1.19 bits per heavy atom. The molecule has 6 nitrogen and oxygen atoms in total. The number of ether oxygens (including phenoxy) is 2. The van der Waals surface area contributed by atoms with Crippen LogP contribution in [0.5, 0.6) is 11.5 Å². The number of guanidine groups is 1. The first-order valence-corrected chi connectivity index (χ1v) is 8.12. The van der Waals surface area contributed by atoms with Crippen molar-refractivity contribution in [2.75, 3.05) is 26.8 Å². The first kappa shape index (κ1) is 21.8. The molecule has 0 fully saturated rings. The van der Waals surface area contributed by atoms with Crippen LogP contribution in [0.1, 0.15) is 5.56 Å². The maximum atomic E-state index is 5.66. The van der Waals surface area contributed by atoms with Crippen LogP contribution in [0.2, 0.25) is 0 Å². The number of nitrogens with zero attached hydrogens (tertiary/aromatic N) is 2. The van der Waals surface area contributed by atoms with Gasteiger partial charge in [-0.3, -0.25) is 9.98 Å². The summed E-state index contributed by atoms with van der Waals surface area (Å²) < 4.78 is 11.2. The van der Waals surface area contributed by atoms with Gasteiger partial charge in [0.05, 0.1) is 12.7 Å².